The van der Waals surface area contributed by atoms with Gasteiger partial charge < -0.3 is 10.1 Å². The molecule has 112 valence electrons. The first-order valence-electron chi connectivity index (χ1n) is 8.02. The van der Waals surface area contributed by atoms with Crippen molar-refractivity contribution < 1.29 is 4.74 Å². The summed E-state index contributed by atoms with van der Waals surface area (Å²) in [4.78, 5) is 5.26. The van der Waals surface area contributed by atoms with Crippen LogP contribution in [0, 0.1) is 5.92 Å². The third-order valence-corrected chi connectivity index (χ3v) is 4.41. The van der Waals surface area contributed by atoms with Crippen molar-refractivity contribution in [2.45, 2.75) is 32.7 Å². The molecular formula is C15H31N3O. The molecule has 2 heterocycles. The Balaban J connectivity index is 1.72. The van der Waals surface area contributed by atoms with Crippen LogP contribution in [-0.4, -0.2) is 74.9 Å². The average molecular weight is 269 g/mol. The van der Waals surface area contributed by atoms with E-state index < -0.39 is 0 Å². The van der Waals surface area contributed by atoms with Crippen LogP contribution in [0.5, 0.6) is 0 Å². The van der Waals surface area contributed by atoms with Crippen molar-refractivity contribution >= 4 is 0 Å². The van der Waals surface area contributed by atoms with Crippen LogP contribution in [0.25, 0.3) is 0 Å². The molecule has 2 aliphatic heterocycles. The summed E-state index contributed by atoms with van der Waals surface area (Å²) >= 11 is 0. The molecule has 1 N–H and O–H groups in total. The van der Waals surface area contributed by atoms with Crippen molar-refractivity contribution in [3.63, 3.8) is 0 Å². The van der Waals surface area contributed by atoms with E-state index >= 15 is 0 Å². The Kier molecular flexibility index (Phi) is 6.57. The fourth-order valence-electron chi connectivity index (χ4n) is 3.21. The highest BCUT2D eigenvalue weighted by molar-refractivity contribution is 4.80. The molecule has 0 radical (unpaired) electrons. The summed E-state index contributed by atoms with van der Waals surface area (Å²) in [5.41, 5.74) is 0. The van der Waals surface area contributed by atoms with Gasteiger partial charge in [0.1, 0.15) is 0 Å². The van der Waals surface area contributed by atoms with Crippen LogP contribution >= 0.6 is 0 Å². The molecule has 2 aliphatic rings. The zero-order chi connectivity index (χ0) is 13.5. The van der Waals surface area contributed by atoms with Gasteiger partial charge >= 0.3 is 0 Å². The fourth-order valence-corrected chi connectivity index (χ4v) is 3.21. The lowest BCUT2D eigenvalue weighted by Crippen LogP contribution is -2.45. The monoisotopic (exact) mass is 269 g/mol. The van der Waals surface area contributed by atoms with Gasteiger partial charge in [0.05, 0.1) is 13.2 Å². The third-order valence-electron chi connectivity index (χ3n) is 4.41. The molecule has 0 aromatic heterocycles. The molecule has 19 heavy (non-hydrogen) atoms. The molecule has 0 amide bonds. The number of nitrogens with one attached hydrogen (secondary N) is 1. The maximum Gasteiger partial charge on any atom is 0.0594 e. The summed E-state index contributed by atoms with van der Waals surface area (Å²) in [6.45, 7) is 14.9. The summed E-state index contributed by atoms with van der Waals surface area (Å²) < 4.78 is 5.40. The Hall–Kier alpha value is -0.160. The smallest absolute Gasteiger partial charge is 0.0594 e. The van der Waals surface area contributed by atoms with E-state index in [1.54, 1.807) is 0 Å². The molecule has 0 spiro atoms. The van der Waals surface area contributed by atoms with Gasteiger partial charge in [-0.1, -0.05) is 13.8 Å². The second kappa shape index (κ2) is 8.20. The molecule has 2 rings (SSSR count). The maximum atomic E-state index is 5.40. The largest absolute Gasteiger partial charge is 0.379 e. The van der Waals surface area contributed by atoms with Crippen LogP contribution in [0.1, 0.15) is 26.7 Å². The van der Waals surface area contributed by atoms with Crippen LogP contribution in [0.15, 0.2) is 0 Å². The Morgan fingerprint density at radius 3 is 2.68 bits per heavy atom. The van der Waals surface area contributed by atoms with Crippen molar-refractivity contribution in [1.82, 2.24) is 15.1 Å². The molecule has 2 saturated heterocycles. The van der Waals surface area contributed by atoms with Crippen molar-refractivity contribution in [3.05, 3.63) is 0 Å². The molecule has 0 aromatic rings. The van der Waals surface area contributed by atoms with E-state index in [0.29, 0.717) is 6.04 Å². The molecule has 2 fully saturated rings. The predicted octanol–water partition coefficient (Wildman–Crippen LogP) is 1.03. The third kappa shape index (κ3) is 5.03. The Morgan fingerprint density at radius 2 is 1.95 bits per heavy atom. The molecule has 1 unspecified atom stereocenters. The lowest BCUT2D eigenvalue weighted by Gasteiger charge is -2.33. The summed E-state index contributed by atoms with van der Waals surface area (Å²) in [5.74, 6) is 0.744. The Morgan fingerprint density at radius 1 is 1.16 bits per heavy atom. The first kappa shape index (κ1) is 15.2. The lowest BCUT2D eigenvalue weighted by molar-refractivity contribution is 0.0350. The predicted molar refractivity (Wildman–Crippen MR) is 79.6 cm³/mol. The van der Waals surface area contributed by atoms with Gasteiger partial charge in [-0.15, -0.1) is 0 Å². The minimum atomic E-state index is 0.715. The normalized spacial score (nSPS) is 27.6. The number of hydrogen-bond acceptors (Lipinski definition) is 4. The van der Waals surface area contributed by atoms with Crippen molar-refractivity contribution in [2.75, 3.05) is 59.0 Å². The van der Waals surface area contributed by atoms with Crippen LogP contribution in [0.3, 0.4) is 0 Å². The van der Waals surface area contributed by atoms with Crippen molar-refractivity contribution in [2.24, 2.45) is 5.92 Å². The van der Waals surface area contributed by atoms with Crippen LogP contribution < -0.4 is 5.32 Å². The lowest BCUT2D eigenvalue weighted by atomic mass is 10.0. The highest BCUT2D eigenvalue weighted by Crippen LogP contribution is 2.14. The van der Waals surface area contributed by atoms with Crippen LogP contribution in [0.2, 0.25) is 0 Å². The highest BCUT2D eigenvalue weighted by Gasteiger charge is 2.23. The van der Waals surface area contributed by atoms with E-state index in [1.165, 1.54) is 39.0 Å². The van der Waals surface area contributed by atoms with E-state index in [4.69, 9.17) is 4.74 Å². The van der Waals surface area contributed by atoms with Crippen LogP contribution in [-0.2, 0) is 4.74 Å². The van der Waals surface area contributed by atoms with Crippen molar-refractivity contribution in [3.8, 4) is 0 Å². The summed E-state index contributed by atoms with van der Waals surface area (Å²) in [5, 5.41) is 3.58. The highest BCUT2D eigenvalue weighted by atomic mass is 16.5. The Labute approximate surface area is 118 Å². The van der Waals surface area contributed by atoms with E-state index in [1.807, 2.05) is 0 Å². The van der Waals surface area contributed by atoms with Gasteiger partial charge in [0, 0.05) is 25.7 Å². The minimum absolute atomic E-state index is 0.715. The molecule has 0 bridgehead atoms. The number of ether oxygens (including phenoxy) is 1. The molecule has 4 nitrogen and oxygen atoms in total. The molecule has 0 aromatic carbocycles. The van der Waals surface area contributed by atoms with Gasteiger partial charge in [0.2, 0.25) is 0 Å². The van der Waals surface area contributed by atoms with E-state index in [9.17, 15) is 0 Å². The SMILES string of the molecule is CC(C)C1CNCCCN1CCCN1CCOCC1. The van der Waals surface area contributed by atoms with E-state index in [2.05, 4.69) is 29.0 Å². The molecular weight excluding hydrogens is 238 g/mol. The number of morpholine rings is 1. The fraction of sp³-hybridized carbons (Fsp3) is 1.00. The van der Waals surface area contributed by atoms with Gasteiger partial charge in [-0.2, -0.15) is 0 Å². The quantitative estimate of drug-likeness (QED) is 0.807. The number of hydrogen-bond donors (Lipinski definition) is 1. The molecule has 4 heteroatoms. The van der Waals surface area contributed by atoms with Gasteiger partial charge in [-0.25, -0.2) is 0 Å². The van der Waals surface area contributed by atoms with Gasteiger partial charge in [0.15, 0.2) is 0 Å². The standard InChI is InChI=1S/C15H31N3O/c1-14(2)15-13-16-5-3-7-18(15)8-4-6-17-9-11-19-12-10-17/h14-16H,3-13H2,1-2H3. The second-order valence-corrected chi connectivity index (χ2v) is 6.21. The zero-order valence-electron chi connectivity index (χ0n) is 12.7. The van der Waals surface area contributed by atoms with E-state index in [0.717, 1.165) is 38.8 Å². The second-order valence-electron chi connectivity index (χ2n) is 6.21. The first-order valence-corrected chi connectivity index (χ1v) is 8.02. The average Bonchev–Trinajstić information content (AvgIpc) is 2.65. The topological polar surface area (TPSA) is 27.7 Å². The summed E-state index contributed by atoms with van der Waals surface area (Å²) in [7, 11) is 0. The summed E-state index contributed by atoms with van der Waals surface area (Å²) in [6.07, 6.45) is 2.59. The Bertz CT molecular complexity index is 242. The maximum absolute atomic E-state index is 5.40. The van der Waals surface area contributed by atoms with Gasteiger partial charge in [-0.05, 0) is 44.9 Å². The van der Waals surface area contributed by atoms with Crippen molar-refractivity contribution in [1.29, 1.82) is 0 Å². The minimum Gasteiger partial charge on any atom is -0.379 e. The molecule has 0 saturated carbocycles. The zero-order valence-corrected chi connectivity index (χ0v) is 12.7. The molecule has 0 aliphatic carbocycles. The molecule has 1 atom stereocenters. The number of nitrogens with zero attached hydrogens (tertiary/aromatic N) is 2. The van der Waals surface area contributed by atoms with Gasteiger partial charge in [-0.3, -0.25) is 9.80 Å². The number of rotatable bonds is 5. The van der Waals surface area contributed by atoms with E-state index in [-0.39, 0.29) is 0 Å². The summed E-state index contributed by atoms with van der Waals surface area (Å²) in [6, 6.07) is 0.715. The van der Waals surface area contributed by atoms with Crippen LogP contribution in [0.4, 0.5) is 0 Å². The van der Waals surface area contributed by atoms with Gasteiger partial charge in [0.25, 0.3) is 0 Å². The first-order chi connectivity index (χ1) is 9.27.